The molecule has 132 valence electrons. The van der Waals surface area contributed by atoms with Gasteiger partial charge in [-0.1, -0.05) is 0 Å². The minimum Gasteiger partial charge on any atom is -0.291 e. The molecule has 2 aromatic heterocycles. The van der Waals surface area contributed by atoms with Crippen molar-refractivity contribution in [2.45, 2.75) is 38.8 Å². The molecule has 0 saturated heterocycles. The van der Waals surface area contributed by atoms with Gasteiger partial charge in [0.2, 0.25) is 0 Å². The summed E-state index contributed by atoms with van der Waals surface area (Å²) in [5.41, 5.74) is 7.13. The van der Waals surface area contributed by atoms with Gasteiger partial charge in [-0.2, -0.15) is 5.10 Å². The second-order valence-electron chi connectivity index (χ2n) is 7.07. The molecule has 0 spiro atoms. The SMILES string of the molecule is Fc1ccc(-n2nc(CN3CCc4cncnc4C3)c3c2CCC3)cc1. The van der Waals surface area contributed by atoms with E-state index in [1.807, 2.05) is 10.9 Å². The van der Waals surface area contributed by atoms with Gasteiger partial charge in [0, 0.05) is 31.5 Å². The van der Waals surface area contributed by atoms with Crippen molar-refractivity contribution in [3.8, 4) is 5.69 Å². The molecule has 0 amide bonds. The minimum absolute atomic E-state index is 0.216. The normalized spacial score (nSPS) is 16.5. The van der Waals surface area contributed by atoms with Gasteiger partial charge >= 0.3 is 0 Å². The molecule has 5 rings (SSSR count). The smallest absolute Gasteiger partial charge is 0.123 e. The number of nitrogens with zero attached hydrogens (tertiary/aromatic N) is 5. The fourth-order valence-electron chi connectivity index (χ4n) is 4.09. The van der Waals surface area contributed by atoms with Crippen molar-refractivity contribution in [2.24, 2.45) is 0 Å². The zero-order valence-electron chi connectivity index (χ0n) is 14.5. The lowest BCUT2D eigenvalue weighted by atomic mass is 10.1. The predicted octanol–water partition coefficient (Wildman–Crippen LogP) is 2.85. The Balaban J connectivity index is 1.44. The molecule has 5 nitrogen and oxygen atoms in total. The predicted molar refractivity (Wildman–Crippen MR) is 95.4 cm³/mol. The van der Waals surface area contributed by atoms with Gasteiger partial charge in [0.1, 0.15) is 12.1 Å². The third-order valence-corrected chi connectivity index (χ3v) is 5.41. The molecule has 26 heavy (non-hydrogen) atoms. The van der Waals surface area contributed by atoms with E-state index >= 15 is 0 Å². The molecule has 1 aliphatic heterocycles. The van der Waals surface area contributed by atoms with Crippen LogP contribution in [0.5, 0.6) is 0 Å². The van der Waals surface area contributed by atoms with Crippen LogP contribution in [0, 0.1) is 5.82 Å². The molecule has 0 saturated carbocycles. The van der Waals surface area contributed by atoms with Crippen molar-refractivity contribution in [2.75, 3.05) is 6.54 Å². The van der Waals surface area contributed by atoms with E-state index in [4.69, 9.17) is 5.10 Å². The van der Waals surface area contributed by atoms with Crippen LogP contribution in [-0.4, -0.2) is 31.2 Å². The Morgan fingerprint density at radius 1 is 1.08 bits per heavy atom. The van der Waals surface area contributed by atoms with Crippen LogP contribution in [0.1, 0.15) is 34.6 Å². The Morgan fingerprint density at radius 3 is 2.85 bits per heavy atom. The zero-order valence-corrected chi connectivity index (χ0v) is 14.5. The Labute approximate surface area is 151 Å². The fraction of sp³-hybridized carbons (Fsp3) is 0.350. The summed E-state index contributed by atoms with van der Waals surface area (Å²) in [6.45, 7) is 2.68. The summed E-state index contributed by atoms with van der Waals surface area (Å²) in [6, 6.07) is 6.61. The molecule has 0 radical (unpaired) electrons. The summed E-state index contributed by atoms with van der Waals surface area (Å²) in [7, 11) is 0. The van der Waals surface area contributed by atoms with E-state index in [0.717, 1.165) is 62.4 Å². The maximum atomic E-state index is 13.3. The van der Waals surface area contributed by atoms with Crippen LogP contribution < -0.4 is 0 Å². The number of hydrogen-bond donors (Lipinski definition) is 0. The van der Waals surface area contributed by atoms with E-state index < -0.39 is 0 Å². The lowest BCUT2D eigenvalue weighted by molar-refractivity contribution is 0.237. The van der Waals surface area contributed by atoms with E-state index in [1.54, 1.807) is 18.5 Å². The van der Waals surface area contributed by atoms with Crippen LogP contribution in [0.25, 0.3) is 5.69 Å². The molecule has 3 aromatic rings. The van der Waals surface area contributed by atoms with Crippen LogP contribution in [0.15, 0.2) is 36.8 Å². The van der Waals surface area contributed by atoms with Crippen molar-refractivity contribution in [1.82, 2.24) is 24.6 Å². The minimum atomic E-state index is -0.216. The quantitative estimate of drug-likeness (QED) is 0.729. The van der Waals surface area contributed by atoms with Crippen LogP contribution in [0.3, 0.4) is 0 Å². The number of fused-ring (bicyclic) bond motifs is 2. The average molecular weight is 349 g/mol. The summed E-state index contributed by atoms with van der Waals surface area (Å²) in [4.78, 5) is 11.0. The van der Waals surface area contributed by atoms with Gasteiger partial charge in [0.05, 0.1) is 17.1 Å². The molecule has 1 aromatic carbocycles. The molecule has 0 fully saturated rings. The molecule has 6 heteroatoms. The number of benzene rings is 1. The average Bonchev–Trinajstić information content (AvgIpc) is 3.26. The first-order chi connectivity index (χ1) is 12.8. The Kier molecular flexibility index (Phi) is 3.78. The molecular weight excluding hydrogens is 329 g/mol. The highest BCUT2D eigenvalue weighted by Crippen LogP contribution is 2.29. The summed E-state index contributed by atoms with van der Waals surface area (Å²) < 4.78 is 15.3. The summed E-state index contributed by atoms with van der Waals surface area (Å²) in [5, 5.41) is 4.90. The van der Waals surface area contributed by atoms with Gasteiger partial charge < -0.3 is 0 Å². The lowest BCUT2D eigenvalue weighted by Crippen LogP contribution is -2.31. The van der Waals surface area contributed by atoms with E-state index in [9.17, 15) is 4.39 Å². The standard InChI is InChI=1S/C20H20FN5/c21-15-4-6-16(7-5-15)26-20-3-1-2-17(20)19(24-26)12-25-9-8-14-10-22-13-23-18(14)11-25/h4-7,10,13H,1-3,8-9,11-12H2. The number of aromatic nitrogens is 4. The van der Waals surface area contributed by atoms with Crippen molar-refractivity contribution >= 4 is 0 Å². The lowest BCUT2D eigenvalue weighted by Gasteiger charge is -2.27. The van der Waals surface area contributed by atoms with Gasteiger partial charge in [0.15, 0.2) is 0 Å². The molecule has 2 aliphatic rings. The highest BCUT2D eigenvalue weighted by molar-refractivity contribution is 5.40. The Morgan fingerprint density at radius 2 is 1.96 bits per heavy atom. The van der Waals surface area contributed by atoms with Gasteiger partial charge in [-0.3, -0.25) is 4.90 Å². The Hall–Kier alpha value is -2.60. The maximum Gasteiger partial charge on any atom is 0.123 e. The molecule has 3 heterocycles. The number of rotatable bonds is 3. The molecule has 0 N–H and O–H groups in total. The first-order valence-corrected chi connectivity index (χ1v) is 9.13. The first-order valence-electron chi connectivity index (χ1n) is 9.13. The van der Waals surface area contributed by atoms with Crippen LogP contribution in [-0.2, 0) is 32.4 Å². The maximum absolute atomic E-state index is 13.3. The van der Waals surface area contributed by atoms with Crippen LogP contribution in [0.4, 0.5) is 4.39 Å². The number of halogens is 1. The Bertz CT molecular complexity index is 947. The second kappa shape index (κ2) is 6.29. The van der Waals surface area contributed by atoms with Gasteiger partial charge in [-0.15, -0.1) is 0 Å². The van der Waals surface area contributed by atoms with Crippen molar-refractivity contribution in [3.05, 3.63) is 70.8 Å². The summed E-state index contributed by atoms with van der Waals surface area (Å²) in [5.74, 6) is -0.216. The molecule has 0 atom stereocenters. The van der Waals surface area contributed by atoms with Crippen molar-refractivity contribution in [3.63, 3.8) is 0 Å². The van der Waals surface area contributed by atoms with Crippen molar-refractivity contribution in [1.29, 1.82) is 0 Å². The van der Waals surface area contributed by atoms with E-state index in [1.165, 1.54) is 29.0 Å². The number of hydrogen-bond acceptors (Lipinski definition) is 4. The molecule has 0 unspecified atom stereocenters. The third kappa shape index (κ3) is 2.70. The van der Waals surface area contributed by atoms with Crippen LogP contribution >= 0.6 is 0 Å². The molecular formula is C20H20FN5. The van der Waals surface area contributed by atoms with Crippen molar-refractivity contribution < 1.29 is 4.39 Å². The monoisotopic (exact) mass is 349 g/mol. The van der Waals surface area contributed by atoms with Gasteiger partial charge in [-0.05, 0) is 61.1 Å². The highest BCUT2D eigenvalue weighted by Gasteiger charge is 2.26. The first kappa shape index (κ1) is 15.6. The molecule has 0 bridgehead atoms. The van der Waals surface area contributed by atoms with Gasteiger partial charge in [-0.25, -0.2) is 19.0 Å². The largest absolute Gasteiger partial charge is 0.291 e. The topological polar surface area (TPSA) is 46.8 Å². The molecule has 1 aliphatic carbocycles. The zero-order chi connectivity index (χ0) is 17.5. The summed E-state index contributed by atoms with van der Waals surface area (Å²) >= 11 is 0. The fourth-order valence-corrected chi connectivity index (χ4v) is 4.09. The summed E-state index contributed by atoms with van der Waals surface area (Å²) in [6.07, 6.45) is 7.83. The third-order valence-electron chi connectivity index (χ3n) is 5.41. The van der Waals surface area contributed by atoms with E-state index in [2.05, 4.69) is 14.9 Å². The van der Waals surface area contributed by atoms with Crippen LogP contribution in [0.2, 0.25) is 0 Å². The van der Waals surface area contributed by atoms with E-state index in [-0.39, 0.29) is 5.82 Å². The van der Waals surface area contributed by atoms with Gasteiger partial charge in [0.25, 0.3) is 0 Å². The highest BCUT2D eigenvalue weighted by atomic mass is 19.1. The van der Waals surface area contributed by atoms with E-state index in [0.29, 0.717) is 0 Å². The second-order valence-corrected chi connectivity index (χ2v) is 7.07.